The second-order valence-corrected chi connectivity index (χ2v) is 1.71. The summed E-state index contributed by atoms with van der Waals surface area (Å²) in [5.41, 5.74) is 0. The van der Waals surface area contributed by atoms with E-state index in [1.165, 1.54) is 6.92 Å². The quantitative estimate of drug-likeness (QED) is 0.407. The molecule has 0 atom stereocenters. The Kier molecular flexibility index (Phi) is 4.85. The fraction of sp³-hybridized carbons (Fsp3) is 0.571. The summed E-state index contributed by atoms with van der Waals surface area (Å²) in [5, 5.41) is 0. The number of terminal acetylenes is 1. The molecule has 9 heavy (non-hydrogen) atoms. The van der Waals surface area contributed by atoms with Crippen LogP contribution in [-0.4, -0.2) is 19.0 Å². The fourth-order valence-corrected chi connectivity index (χ4v) is 0.347. The van der Waals surface area contributed by atoms with E-state index in [9.17, 15) is 4.79 Å². The summed E-state index contributed by atoms with van der Waals surface area (Å²) in [6.07, 6.45) is 5.35. The van der Waals surface area contributed by atoms with E-state index in [0.717, 1.165) is 0 Å². The molecule has 0 amide bonds. The molecule has 0 aliphatic carbocycles. The Bertz CT molecular complexity index is 121. The SMILES string of the molecule is C#CCOCCC(C)=O. The fourth-order valence-electron chi connectivity index (χ4n) is 0.347. The Labute approximate surface area is 55.2 Å². The Balaban J connectivity index is 2.94. The number of ketones is 1. The first-order chi connectivity index (χ1) is 4.27. The Morgan fingerprint density at radius 3 is 2.89 bits per heavy atom. The predicted molar refractivity (Wildman–Crippen MR) is 34.9 cm³/mol. The van der Waals surface area contributed by atoms with Crippen molar-refractivity contribution in [1.82, 2.24) is 0 Å². The lowest BCUT2D eigenvalue weighted by atomic mass is 10.3. The summed E-state index contributed by atoms with van der Waals surface area (Å²) in [4.78, 5) is 10.3. The van der Waals surface area contributed by atoms with Gasteiger partial charge < -0.3 is 4.74 Å². The van der Waals surface area contributed by atoms with E-state index < -0.39 is 0 Å². The minimum absolute atomic E-state index is 0.132. The van der Waals surface area contributed by atoms with Gasteiger partial charge >= 0.3 is 0 Å². The third-order valence-corrected chi connectivity index (χ3v) is 0.784. The standard InChI is InChI=1S/C7H10O2/c1-3-5-9-6-4-7(2)8/h1H,4-6H2,2H3. The van der Waals surface area contributed by atoms with Crippen molar-refractivity contribution in [2.75, 3.05) is 13.2 Å². The highest BCUT2D eigenvalue weighted by Gasteiger charge is 1.90. The first-order valence-corrected chi connectivity index (χ1v) is 2.78. The van der Waals surface area contributed by atoms with Gasteiger partial charge in [-0.2, -0.15) is 0 Å². The number of ether oxygens (including phenoxy) is 1. The zero-order valence-electron chi connectivity index (χ0n) is 5.52. The van der Waals surface area contributed by atoms with Gasteiger partial charge in [-0.1, -0.05) is 5.92 Å². The highest BCUT2D eigenvalue weighted by molar-refractivity contribution is 5.75. The molecule has 2 nitrogen and oxygen atoms in total. The number of carbonyl (C=O) groups is 1. The highest BCUT2D eigenvalue weighted by Crippen LogP contribution is 1.82. The molecule has 0 saturated carbocycles. The molecule has 0 aromatic carbocycles. The average Bonchev–Trinajstić information content (AvgIpc) is 1.80. The van der Waals surface area contributed by atoms with Gasteiger partial charge in [0.25, 0.3) is 0 Å². The predicted octanol–water partition coefficient (Wildman–Crippen LogP) is 0.615. The van der Waals surface area contributed by atoms with Gasteiger partial charge in [-0.15, -0.1) is 6.42 Å². The van der Waals surface area contributed by atoms with Crippen LogP contribution < -0.4 is 0 Å². The first kappa shape index (κ1) is 8.19. The second kappa shape index (κ2) is 5.33. The lowest BCUT2D eigenvalue weighted by molar-refractivity contribution is -0.117. The number of Topliss-reactive ketones (excluding diaryl/α,β-unsaturated/α-hetero) is 1. The van der Waals surface area contributed by atoms with Crippen molar-refractivity contribution in [1.29, 1.82) is 0 Å². The number of rotatable bonds is 4. The van der Waals surface area contributed by atoms with Gasteiger partial charge in [0.05, 0.1) is 6.61 Å². The van der Waals surface area contributed by atoms with Gasteiger partial charge in [0.1, 0.15) is 12.4 Å². The molecule has 0 bridgehead atoms. The van der Waals surface area contributed by atoms with E-state index in [2.05, 4.69) is 5.92 Å². The van der Waals surface area contributed by atoms with Crippen LogP contribution in [0.15, 0.2) is 0 Å². The maximum atomic E-state index is 10.3. The Morgan fingerprint density at radius 2 is 2.44 bits per heavy atom. The lowest BCUT2D eigenvalue weighted by Gasteiger charge is -1.94. The van der Waals surface area contributed by atoms with Crippen LogP contribution in [0.5, 0.6) is 0 Å². The largest absolute Gasteiger partial charge is 0.368 e. The molecule has 0 aliphatic rings. The minimum atomic E-state index is 0.132. The van der Waals surface area contributed by atoms with Crippen LogP contribution >= 0.6 is 0 Å². The molecule has 0 aliphatic heterocycles. The minimum Gasteiger partial charge on any atom is -0.368 e. The van der Waals surface area contributed by atoms with Gasteiger partial charge in [0, 0.05) is 6.42 Å². The molecular formula is C7H10O2. The van der Waals surface area contributed by atoms with Crippen LogP contribution in [-0.2, 0) is 9.53 Å². The summed E-state index contributed by atoms with van der Waals surface area (Å²) in [7, 11) is 0. The molecular weight excluding hydrogens is 116 g/mol. The van der Waals surface area contributed by atoms with Crippen molar-refractivity contribution < 1.29 is 9.53 Å². The van der Waals surface area contributed by atoms with Crippen molar-refractivity contribution in [3.63, 3.8) is 0 Å². The van der Waals surface area contributed by atoms with Crippen molar-refractivity contribution >= 4 is 5.78 Å². The van der Waals surface area contributed by atoms with Gasteiger partial charge in [-0.3, -0.25) is 4.79 Å². The first-order valence-electron chi connectivity index (χ1n) is 2.78. The Hall–Kier alpha value is -0.810. The topological polar surface area (TPSA) is 26.3 Å². The van der Waals surface area contributed by atoms with E-state index in [1.807, 2.05) is 0 Å². The van der Waals surface area contributed by atoms with Gasteiger partial charge in [0.2, 0.25) is 0 Å². The van der Waals surface area contributed by atoms with Crippen LogP contribution in [0.3, 0.4) is 0 Å². The summed E-state index contributed by atoms with van der Waals surface area (Å²) < 4.78 is 4.84. The third-order valence-electron chi connectivity index (χ3n) is 0.784. The van der Waals surface area contributed by atoms with Crippen molar-refractivity contribution in [2.24, 2.45) is 0 Å². The van der Waals surface area contributed by atoms with Crippen molar-refractivity contribution in [2.45, 2.75) is 13.3 Å². The van der Waals surface area contributed by atoms with Gasteiger partial charge in [-0.05, 0) is 6.92 Å². The molecule has 0 radical (unpaired) electrons. The van der Waals surface area contributed by atoms with Crippen LogP contribution in [0.25, 0.3) is 0 Å². The normalized spacial score (nSPS) is 8.44. The maximum absolute atomic E-state index is 10.3. The molecule has 2 heteroatoms. The summed E-state index contributed by atoms with van der Waals surface area (Å²) in [5.74, 6) is 2.44. The zero-order valence-corrected chi connectivity index (χ0v) is 5.52. The molecule has 0 saturated heterocycles. The molecule has 0 spiro atoms. The van der Waals surface area contributed by atoms with Crippen LogP contribution in [0.1, 0.15) is 13.3 Å². The zero-order chi connectivity index (χ0) is 7.11. The molecule has 0 unspecified atom stereocenters. The molecule has 0 heterocycles. The van der Waals surface area contributed by atoms with Gasteiger partial charge in [0.15, 0.2) is 0 Å². The van der Waals surface area contributed by atoms with Crippen LogP contribution in [0.2, 0.25) is 0 Å². The molecule has 0 rings (SSSR count). The van der Waals surface area contributed by atoms with Crippen molar-refractivity contribution in [3.8, 4) is 12.3 Å². The van der Waals surface area contributed by atoms with E-state index in [-0.39, 0.29) is 5.78 Å². The van der Waals surface area contributed by atoms with E-state index in [4.69, 9.17) is 11.2 Å². The lowest BCUT2D eigenvalue weighted by Crippen LogP contribution is -1.99. The molecule has 0 N–H and O–H groups in total. The Morgan fingerprint density at radius 1 is 1.78 bits per heavy atom. The summed E-state index contributed by atoms with van der Waals surface area (Å²) in [6, 6.07) is 0. The second-order valence-electron chi connectivity index (χ2n) is 1.71. The number of carbonyl (C=O) groups excluding carboxylic acids is 1. The van der Waals surface area contributed by atoms with E-state index in [1.54, 1.807) is 0 Å². The average molecular weight is 126 g/mol. The summed E-state index contributed by atoms with van der Waals surface area (Å²) in [6.45, 7) is 2.27. The molecule has 0 aromatic rings. The number of hydrogen-bond donors (Lipinski definition) is 0. The summed E-state index contributed by atoms with van der Waals surface area (Å²) >= 11 is 0. The van der Waals surface area contributed by atoms with Crippen molar-refractivity contribution in [3.05, 3.63) is 0 Å². The van der Waals surface area contributed by atoms with E-state index >= 15 is 0 Å². The monoisotopic (exact) mass is 126 g/mol. The van der Waals surface area contributed by atoms with Crippen LogP contribution in [0.4, 0.5) is 0 Å². The molecule has 50 valence electrons. The third kappa shape index (κ3) is 7.19. The number of hydrogen-bond acceptors (Lipinski definition) is 2. The van der Waals surface area contributed by atoms with Crippen LogP contribution in [0, 0.1) is 12.3 Å². The molecule has 0 aromatic heterocycles. The van der Waals surface area contributed by atoms with Gasteiger partial charge in [-0.25, -0.2) is 0 Å². The smallest absolute Gasteiger partial charge is 0.132 e. The van der Waals surface area contributed by atoms with E-state index in [0.29, 0.717) is 19.6 Å². The molecule has 0 fully saturated rings. The highest BCUT2D eigenvalue weighted by atomic mass is 16.5. The maximum Gasteiger partial charge on any atom is 0.132 e.